The van der Waals surface area contributed by atoms with E-state index >= 15 is 0 Å². The van der Waals surface area contributed by atoms with Crippen molar-refractivity contribution in [3.05, 3.63) is 59.2 Å². The van der Waals surface area contributed by atoms with Crippen molar-refractivity contribution in [3.63, 3.8) is 0 Å². The van der Waals surface area contributed by atoms with Gasteiger partial charge in [0.1, 0.15) is 6.04 Å². The minimum atomic E-state index is -4.09. The van der Waals surface area contributed by atoms with Crippen molar-refractivity contribution >= 4 is 27.5 Å². The van der Waals surface area contributed by atoms with Crippen LogP contribution in [0.2, 0.25) is 0 Å². The van der Waals surface area contributed by atoms with Crippen LogP contribution in [0, 0.1) is 20.8 Å². The zero-order chi connectivity index (χ0) is 19.8. The van der Waals surface area contributed by atoms with Crippen molar-refractivity contribution in [3.8, 4) is 0 Å². The van der Waals surface area contributed by atoms with Crippen LogP contribution in [0.5, 0.6) is 0 Å². The lowest BCUT2D eigenvalue weighted by atomic mass is 10.1. The van der Waals surface area contributed by atoms with Crippen LogP contribution in [0.1, 0.15) is 29.5 Å². The molecular formula is C20H22N2O4S. The SMILES string of the molecule is Cc1ccc(S(=O)(=O)N2C(=O)CC[C@H]2C(=O)Nc2cc(C)ccc2C)cc1. The number of nitrogens with zero attached hydrogens (tertiary/aromatic N) is 1. The summed E-state index contributed by atoms with van der Waals surface area (Å²) in [6, 6.07) is 10.8. The Balaban J connectivity index is 1.90. The molecule has 0 aliphatic carbocycles. The van der Waals surface area contributed by atoms with Crippen molar-refractivity contribution < 1.29 is 18.0 Å². The number of rotatable bonds is 4. The Labute approximate surface area is 159 Å². The lowest BCUT2D eigenvalue weighted by Crippen LogP contribution is -2.45. The average molecular weight is 386 g/mol. The second-order valence-electron chi connectivity index (χ2n) is 6.87. The van der Waals surface area contributed by atoms with E-state index in [-0.39, 0.29) is 17.7 Å². The Morgan fingerprint density at radius 1 is 1.04 bits per heavy atom. The van der Waals surface area contributed by atoms with Crippen LogP contribution in [0.25, 0.3) is 0 Å². The second-order valence-corrected chi connectivity index (χ2v) is 8.68. The summed E-state index contributed by atoms with van der Waals surface area (Å²) in [6.07, 6.45) is 0.191. The molecule has 1 atom stereocenters. The van der Waals surface area contributed by atoms with Gasteiger partial charge >= 0.3 is 0 Å². The fourth-order valence-corrected chi connectivity index (χ4v) is 4.71. The molecule has 1 heterocycles. The maximum Gasteiger partial charge on any atom is 0.267 e. The number of sulfonamides is 1. The number of benzene rings is 2. The Hall–Kier alpha value is -2.67. The zero-order valence-electron chi connectivity index (χ0n) is 15.5. The monoisotopic (exact) mass is 386 g/mol. The summed E-state index contributed by atoms with van der Waals surface area (Å²) >= 11 is 0. The molecule has 0 spiro atoms. The number of carbonyl (C=O) groups is 2. The van der Waals surface area contributed by atoms with Crippen LogP contribution in [-0.4, -0.2) is 30.6 Å². The molecule has 0 saturated carbocycles. The maximum absolute atomic E-state index is 13.0. The number of amides is 2. The molecule has 2 aromatic rings. The predicted octanol–water partition coefficient (Wildman–Crippen LogP) is 2.93. The van der Waals surface area contributed by atoms with Crippen LogP contribution in [0.3, 0.4) is 0 Å². The molecule has 0 aromatic heterocycles. The first-order valence-electron chi connectivity index (χ1n) is 8.72. The van der Waals surface area contributed by atoms with Crippen molar-refractivity contribution in [2.45, 2.75) is 44.6 Å². The van der Waals surface area contributed by atoms with E-state index in [0.29, 0.717) is 5.69 Å². The zero-order valence-corrected chi connectivity index (χ0v) is 16.3. The lowest BCUT2D eigenvalue weighted by molar-refractivity contribution is -0.128. The van der Waals surface area contributed by atoms with E-state index in [9.17, 15) is 18.0 Å². The van der Waals surface area contributed by atoms with Gasteiger partial charge in [-0.15, -0.1) is 0 Å². The highest BCUT2D eigenvalue weighted by Gasteiger charge is 2.44. The topological polar surface area (TPSA) is 83.6 Å². The van der Waals surface area contributed by atoms with E-state index in [1.165, 1.54) is 12.1 Å². The van der Waals surface area contributed by atoms with E-state index < -0.39 is 27.9 Å². The smallest absolute Gasteiger partial charge is 0.267 e. The molecule has 1 aliphatic rings. The highest BCUT2D eigenvalue weighted by Crippen LogP contribution is 2.29. The number of anilines is 1. The lowest BCUT2D eigenvalue weighted by Gasteiger charge is -2.24. The van der Waals surface area contributed by atoms with Gasteiger partial charge in [-0.2, -0.15) is 0 Å². The van der Waals surface area contributed by atoms with Gasteiger partial charge in [0.25, 0.3) is 10.0 Å². The van der Waals surface area contributed by atoms with E-state index in [1.807, 2.05) is 39.0 Å². The van der Waals surface area contributed by atoms with Gasteiger partial charge in [-0.3, -0.25) is 9.59 Å². The van der Waals surface area contributed by atoms with Gasteiger partial charge in [0.05, 0.1) is 4.90 Å². The summed E-state index contributed by atoms with van der Waals surface area (Å²) < 4.78 is 26.7. The Morgan fingerprint density at radius 2 is 1.67 bits per heavy atom. The van der Waals surface area contributed by atoms with Gasteiger partial charge in [-0.05, 0) is 56.5 Å². The predicted molar refractivity (Wildman–Crippen MR) is 103 cm³/mol. The van der Waals surface area contributed by atoms with E-state index in [1.54, 1.807) is 12.1 Å². The Morgan fingerprint density at radius 3 is 2.33 bits per heavy atom. The molecule has 1 saturated heterocycles. The van der Waals surface area contributed by atoms with Gasteiger partial charge in [0.2, 0.25) is 11.8 Å². The van der Waals surface area contributed by atoms with Gasteiger partial charge in [0, 0.05) is 12.1 Å². The highest BCUT2D eigenvalue weighted by atomic mass is 32.2. The van der Waals surface area contributed by atoms with E-state index in [0.717, 1.165) is 21.0 Å². The van der Waals surface area contributed by atoms with Gasteiger partial charge in [-0.25, -0.2) is 12.7 Å². The van der Waals surface area contributed by atoms with Gasteiger partial charge < -0.3 is 5.32 Å². The molecular weight excluding hydrogens is 364 g/mol. The fraction of sp³-hybridized carbons (Fsp3) is 0.300. The molecule has 1 fully saturated rings. The van der Waals surface area contributed by atoms with Crippen molar-refractivity contribution in [2.75, 3.05) is 5.32 Å². The molecule has 2 amide bonds. The minimum Gasteiger partial charge on any atom is -0.324 e. The number of carbonyl (C=O) groups excluding carboxylic acids is 2. The molecule has 1 N–H and O–H groups in total. The minimum absolute atomic E-state index is 0.00730. The van der Waals surface area contributed by atoms with E-state index in [2.05, 4.69) is 5.32 Å². The largest absolute Gasteiger partial charge is 0.324 e. The molecule has 3 rings (SSSR count). The number of aryl methyl sites for hydroxylation is 3. The third-order valence-electron chi connectivity index (χ3n) is 4.69. The average Bonchev–Trinajstić information content (AvgIpc) is 3.01. The van der Waals surface area contributed by atoms with Crippen LogP contribution in [0.4, 0.5) is 5.69 Å². The summed E-state index contributed by atoms with van der Waals surface area (Å²) in [6.45, 7) is 5.61. The van der Waals surface area contributed by atoms with Gasteiger partial charge in [-0.1, -0.05) is 29.8 Å². The number of hydrogen-bond acceptors (Lipinski definition) is 4. The van der Waals surface area contributed by atoms with Gasteiger partial charge in [0.15, 0.2) is 0 Å². The van der Waals surface area contributed by atoms with Crippen molar-refractivity contribution in [2.24, 2.45) is 0 Å². The van der Waals surface area contributed by atoms with Crippen molar-refractivity contribution in [1.82, 2.24) is 4.31 Å². The molecule has 0 unspecified atom stereocenters. The molecule has 1 aliphatic heterocycles. The summed E-state index contributed by atoms with van der Waals surface area (Å²) in [7, 11) is -4.09. The van der Waals surface area contributed by atoms with Crippen LogP contribution in [-0.2, 0) is 19.6 Å². The molecule has 7 heteroatoms. The standard InChI is InChI=1S/C20H22N2O4S/c1-13-5-8-16(9-6-13)27(25,26)22-18(10-11-19(22)23)20(24)21-17-12-14(2)4-7-15(17)3/h4-9,12,18H,10-11H2,1-3H3,(H,21,24)/t18-/m0/s1. The quantitative estimate of drug-likeness (QED) is 0.876. The highest BCUT2D eigenvalue weighted by molar-refractivity contribution is 7.89. The summed E-state index contributed by atoms with van der Waals surface area (Å²) in [4.78, 5) is 25.1. The Kier molecular flexibility index (Phi) is 5.06. The van der Waals surface area contributed by atoms with Crippen molar-refractivity contribution in [1.29, 1.82) is 0 Å². The van der Waals surface area contributed by atoms with Crippen LogP contribution in [0.15, 0.2) is 47.4 Å². The van der Waals surface area contributed by atoms with Crippen LogP contribution < -0.4 is 5.32 Å². The summed E-state index contributed by atoms with van der Waals surface area (Å²) in [5, 5.41) is 2.78. The summed E-state index contributed by atoms with van der Waals surface area (Å²) in [5.41, 5.74) is 3.37. The normalized spacial score (nSPS) is 17.2. The maximum atomic E-state index is 13.0. The molecule has 0 bridgehead atoms. The van der Waals surface area contributed by atoms with E-state index in [4.69, 9.17) is 0 Å². The molecule has 142 valence electrons. The number of nitrogens with one attached hydrogen (secondary N) is 1. The third kappa shape index (κ3) is 3.73. The first kappa shape index (κ1) is 19.1. The molecule has 6 nitrogen and oxygen atoms in total. The first-order valence-corrected chi connectivity index (χ1v) is 10.2. The third-order valence-corrected chi connectivity index (χ3v) is 6.54. The van der Waals surface area contributed by atoms with Crippen LogP contribution >= 0.6 is 0 Å². The molecule has 0 radical (unpaired) electrons. The first-order chi connectivity index (χ1) is 12.7. The molecule has 27 heavy (non-hydrogen) atoms. The number of hydrogen-bond donors (Lipinski definition) is 1. The Bertz CT molecular complexity index is 997. The molecule has 2 aromatic carbocycles. The summed E-state index contributed by atoms with van der Waals surface area (Å²) in [5.74, 6) is -1.05. The second kappa shape index (κ2) is 7.15. The fourth-order valence-electron chi connectivity index (χ4n) is 3.11.